The number of hydrogen-bond acceptors (Lipinski definition) is 2. The maximum atomic E-state index is 9.10. The van der Waals surface area contributed by atoms with E-state index in [0.717, 1.165) is 23.0 Å². The number of allylic oxidation sites excluding steroid dienone is 4. The van der Waals surface area contributed by atoms with E-state index in [1.54, 1.807) is 0 Å². The van der Waals surface area contributed by atoms with Gasteiger partial charge in [-0.1, -0.05) is 13.8 Å². The predicted molar refractivity (Wildman–Crippen MR) is 73.4 cm³/mol. The summed E-state index contributed by atoms with van der Waals surface area (Å²) in [7, 11) is 0. The summed E-state index contributed by atoms with van der Waals surface area (Å²) in [5.74, 6) is 0.471. The van der Waals surface area contributed by atoms with Crippen LogP contribution in [0.5, 0.6) is 0 Å². The van der Waals surface area contributed by atoms with Gasteiger partial charge < -0.3 is 4.90 Å². The van der Waals surface area contributed by atoms with Crippen molar-refractivity contribution in [1.82, 2.24) is 4.90 Å². The lowest BCUT2D eigenvalue weighted by molar-refractivity contribution is 0.249. The fraction of sp³-hybridized carbons (Fsp3) is 0.643. The molecule has 92 valence electrons. The van der Waals surface area contributed by atoms with Crippen LogP contribution in [0, 0.1) is 22.7 Å². The van der Waals surface area contributed by atoms with Gasteiger partial charge in [0.15, 0.2) is 0 Å². The van der Waals surface area contributed by atoms with Crippen LogP contribution < -0.4 is 0 Å². The molecule has 1 aliphatic heterocycles. The first-order valence-electron chi connectivity index (χ1n) is 6.14. The Bertz CT molecular complexity index is 438. The lowest BCUT2D eigenvalue weighted by atomic mass is 9.75. The van der Waals surface area contributed by atoms with Gasteiger partial charge in [0.2, 0.25) is 0 Å². The molecule has 1 heterocycles. The van der Waals surface area contributed by atoms with Gasteiger partial charge in [-0.3, -0.25) is 0 Å². The van der Waals surface area contributed by atoms with E-state index in [2.05, 4.69) is 54.6 Å². The van der Waals surface area contributed by atoms with Crippen molar-refractivity contribution in [1.29, 1.82) is 5.26 Å². The van der Waals surface area contributed by atoms with Crippen molar-refractivity contribution >= 4 is 15.9 Å². The Morgan fingerprint density at radius 3 is 2.71 bits per heavy atom. The molecular formula is C14H19BrN2. The van der Waals surface area contributed by atoms with E-state index in [4.69, 9.17) is 5.26 Å². The molecule has 0 spiro atoms. The molecule has 0 saturated carbocycles. The Balaban J connectivity index is 2.48. The zero-order valence-electron chi connectivity index (χ0n) is 10.9. The molecule has 1 aliphatic carbocycles. The van der Waals surface area contributed by atoms with Gasteiger partial charge in [0.05, 0.1) is 6.07 Å². The smallest absolute Gasteiger partial charge is 0.0947 e. The molecule has 1 saturated heterocycles. The number of nitrogens with zero attached hydrogens (tertiary/aromatic N) is 2. The first-order chi connectivity index (χ1) is 7.86. The molecule has 2 aliphatic rings. The monoisotopic (exact) mass is 294 g/mol. The van der Waals surface area contributed by atoms with Crippen molar-refractivity contribution in [2.75, 3.05) is 6.54 Å². The lowest BCUT2D eigenvalue weighted by Gasteiger charge is -2.29. The molecule has 3 heteroatoms. The fourth-order valence-corrected chi connectivity index (χ4v) is 3.71. The van der Waals surface area contributed by atoms with Gasteiger partial charge in [-0.2, -0.15) is 5.26 Å². The van der Waals surface area contributed by atoms with E-state index >= 15 is 0 Å². The van der Waals surface area contributed by atoms with Crippen molar-refractivity contribution in [2.45, 2.75) is 40.2 Å². The first kappa shape index (κ1) is 12.7. The van der Waals surface area contributed by atoms with Crippen LogP contribution in [0.4, 0.5) is 0 Å². The minimum absolute atomic E-state index is 0.245. The number of nitriles is 1. The lowest BCUT2D eigenvalue weighted by Crippen LogP contribution is -2.29. The summed E-state index contributed by atoms with van der Waals surface area (Å²) in [4.78, 5) is 2.47. The van der Waals surface area contributed by atoms with Crippen LogP contribution in [0.3, 0.4) is 0 Å². The highest BCUT2D eigenvalue weighted by Gasteiger charge is 2.46. The molecular weight excluding hydrogens is 276 g/mol. The molecule has 0 aromatic carbocycles. The van der Waals surface area contributed by atoms with Crippen molar-refractivity contribution in [3.63, 3.8) is 0 Å². The molecule has 0 radical (unpaired) electrons. The molecule has 0 N–H and O–H groups in total. The molecule has 0 aromatic heterocycles. The number of halogens is 1. The molecule has 0 bridgehead atoms. The molecule has 0 amide bonds. The van der Waals surface area contributed by atoms with Crippen molar-refractivity contribution in [2.24, 2.45) is 11.3 Å². The van der Waals surface area contributed by atoms with Crippen LogP contribution in [0.2, 0.25) is 0 Å². The Labute approximate surface area is 112 Å². The second-order valence-electron chi connectivity index (χ2n) is 5.98. The zero-order chi connectivity index (χ0) is 12.8. The van der Waals surface area contributed by atoms with Gasteiger partial charge in [0.25, 0.3) is 0 Å². The highest BCUT2D eigenvalue weighted by molar-refractivity contribution is 9.11. The third-order valence-corrected chi connectivity index (χ3v) is 4.53. The van der Waals surface area contributed by atoms with E-state index < -0.39 is 0 Å². The third-order valence-electron chi connectivity index (χ3n) is 3.90. The van der Waals surface area contributed by atoms with E-state index in [-0.39, 0.29) is 5.41 Å². The Morgan fingerprint density at radius 2 is 2.18 bits per heavy atom. The first-order valence-corrected chi connectivity index (χ1v) is 6.93. The average Bonchev–Trinajstić information content (AvgIpc) is 2.51. The third kappa shape index (κ3) is 2.04. The number of hydrogen-bond donors (Lipinski definition) is 0. The van der Waals surface area contributed by atoms with Gasteiger partial charge in [0.1, 0.15) is 0 Å². The second kappa shape index (κ2) is 4.17. The van der Waals surface area contributed by atoms with Crippen LogP contribution in [0.15, 0.2) is 21.8 Å². The Kier molecular flexibility index (Phi) is 3.12. The summed E-state index contributed by atoms with van der Waals surface area (Å²) >= 11 is 3.65. The second-order valence-corrected chi connectivity index (χ2v) is 6.84. The van der Waals surface area contributed by atoms with Crippen LogP contribution in [-0.4, -0.2) is 17.5 Å². The van der Waals surface area contributed by atoms with Crippen LogP contribution >= 0.6 is 15.9 Å². The van der Waals surface area contributed by atoms with Crippen molar-refractivity contribution < 1.29 is 0 Å². The van der Waals surface area contributed by atoms with Gasteiger partial charge >= 0.3 is 0 Å². The largest absolute Gasteiger partial charge is 0.371 e. The minimum Gasteiger partial charge on any atom is -0.371 e. The Hall–Kier alpha value is -0.750. The van der Waals surface area contributed by atoms with Gasteiger partial charge in [0, 0.05) is 34.3 Å². The molecule has 1 unspecified atom stereocenters. The maximum Gasteiger partial charge on any atom is 0.0947 e. The average molecular weight is 295 g/mol. The Morgan fingerprint density at radius 1 is 1.53 bits per heavy atom. The number of fused-ring (bicyclic) bond motifs is 1. The van der Waals surface area contributed by atoms with Gasteiger partial charge in [-0.05, 0) is 47.7 Å². The van der Waals surface area contributed by atoms with Crippen LogP contribution in [0.25, 0.3) is 0 Å². The van der Waals surface area contributed by atoms with E-state index in [0.29, 0.717) is 12.0 Å². The molecule has 1 atom stereocenters. The molecule has 17 heavy (non-hydrogen) atoms. The summed E-state index contributed by atoms with van der Waals surface area (Å²) < 4.78 is 1.10. The summed E-state index contributed by atoms with van der Waals surface area (Å²) in [5, 5.41) is 9.10. The van der Waals surface area contributed by atoms with Crippen molar-refractivity contribution in [3.05, 3.63) is 21.8 Å². The van der Waals surface area contributed by atoms with E-state index in [9.17, 15) is 0 Å². The summed E-state index contributed by atoms with van der Waals surface area (Å²) in [6, 6.07) is 2.82. The standard InChI is InChI=1S/C14H19BrN2/c1-9(2)17-8-14(3,4)11-5-10(7-16)6-12(15)13(11)17/h6,9,11H,5,8H2,1-4H3. The van der Waals surface area contributed by atoms with E-state index in [1.165, 1.54) is 5.70 Å². The highest BCUT2D eigenvalue weighted by atomic mass is 79.9. The maximum absolute atomic E-state index is 9.10. The minimum atomic E-state index is 0.245. The number of rotatable bonds is 1. The van der Waals surface area contributed by atoms with Gasteiger partial charge in [-0.25, -0.2) is 0 Å². The van der Waals surface area contributed by atoms with Gasteiger partial charge in [-0.15, -0.1) is 0 Å². The molecule has 2 nitrogen and oxygen atoms in total. The molecule has 0 aromatic rings. The van der Waals surface area contributed by atoms with Crippen molar-refractivity contribution in [3.8, 4) is 6.07 Å². The highest BCUT2D eigenvalue weighted by Crippen LogP contribution is 2.50. The molecule has 1 fully saturated rings. The SMILES string of the molecule is CC(C)N1CC(C)(C)C2CC(C#N)=CC(Br)=C21. The van der Waals surface area contributed by atoms with Crippen LogP contribution in [-0.2, 0) is 0 Å². The fourth-order valence-electron chi connectivity index (χ4n) is 2.93. The normalized spacial score (nSPS) is 27.0. The predicted octanol–water partition coefficient (Wildman–Crippen LogP) is 3.81. The quantitative estimate of drug-likeness (QED) is 0.735. The topological polar surface area (TPSA) is 27.0 Å². The summed E-state index contributed by atoms with van der Waals surface area (Å²) in [5.41, 5.74) is 2.53. The van der Waals surface area contributed by atoms with Crippen LogP contribution in [0.1, 0.15) is 34.1 Å². The summed E-state index contributed by atoms with van der Waals surface area (Å²) in [6.07, 6.45) is 2.87. The summed E-state index contributed by atoms with van der Waals surface area (Å²) in [6.45, 7) is 10.2. The number of likely N-dealkylation sites (tertiary alicyclic amines) is 1. The zero-order valence-corrected chi connectivity index (χ0v) is 12.5. The molecule has 2 rings (SSSR count). The van der Waals surface area contributed by atoms with E-state index in [1.807, 2.05) is 6.08 Å².